The standard InChI is InChI=1S/C27H34N6O2/c1-19(34)28-14-15-29-23-18-24(33-25(32-23)20-8-6-5-7-9-20)30-16-17-31-26(35)21-10-12-22(13-11-21)27(2,3)4/h5-13,18H,14-17H2,1-4H3,(H,28,34)(H,31,35)(H2,29,30,32,33). The average Bonchev–Trinajstić information content (AvgIpc) is 2.84. The van der Waals surface area contributed by atoms with Crippen LogP contribution in [0, 0.1) is 0 Å². The van der Waals surface area contributed by atoms with Crippen molar-refractivity contribution in [2.24, 2.45) is 0 Å². The Kier molecular flexibility index (Phi) is 8.78. The molecule has 2 aromatic carbocycles. The highest BCUT2D eigenvalue weighted by Gasteiger charge is 2.14. The fourth-order valence-corrected chi connectivity index (χ4v) is 3.36. The van der Waals surface area contributed by atoms with Gasteiger partial charge in [-0.25, -0.2) is 9.97 Å². The number of amides is 2. The van der Waals surface area contributed by atoms with Crippen LogP contribution in [0.5, 0.6) is 0 Å². The minimum Gasteiger partial charge on any atom is -0.368 e. The van der Waals surface area contributed by atoms with Gasteiger partial charge in [0, 0.05) is 50.3 Å². The number of rotatable bonds is 10. The van der Waals surface area contributed by atoms with Gasteiger partial charge in [-0.05, 0) is 23.1 Å². The predicted molar refractivity (Wildman–Crippen MR) is 141 cm³/mol. The molecule has 8 heteroatoms. The second-order valence-electron chi connectivity index (χ2n) is 9.25. The van der Waals surface area contributed by atoms with Crippen molar-refractivity contribution in [3.63, 3.8) is 0 Å². The van der Waals surface area contributed by atoms with E-state index >= 15 is 0 Å². The molecule has 0 saturated heterocycles. The van der Waals surface area contributed by atoms with E-state index in [1.807, 2.05) is 60.7 Å². The minimum atomic E-state index is -0.111. The molecule has 0 radical (unpaired) electrons. The molecule has 0 aliphatic heterocycles. The lowest BCUT2D eigenvalue weighted by molar-refractivity contribution is -0.118. The molecule has 0 saturated carbocycles. The Hall–Kier alpha value is -3.94. The maximum absolute atomic E-state index is 12.5. The molecule has 35 heavy (non-hydrogen) atoms. The van der Waals surface area contributed by atoms with Crippen LogP contribution in [-0.2, 0) is 10.2 Å². The van der Waals surface area contributed by atoms with Crippen molar-refractivity contribution >= 4 is 23.5 Å². The summed E-state index contributed by atoms with van der Waals surface area (Å²) in [6.07, 6.45) is 0. The monoisotopic (exact) mass is 474 g/mol. The number of nitrogens with one attached hydrogen (secondary N) is 4. The molecule has 8 nitrogen and oxygen atoms in total. The Morgan fingerprint density at radius 2 is 1.34 bits per heavy atom. The Labute approximate surface area is 207 Å². The second kappa shape index (κ2) is 12.0. The number of anilines is 2. The van der Waals surface area contributed by atoms with Gasteiger partial charge >= 0.3 is 0 Å². The second-order valence-corrected chi connectivity index (χ2v) is 9.25. The average molecular weight is 475 g/mol. The van der Waals surface area contributed by atoms with Crippen LogP contribution in [-0.4, -0.2) is 48.0 Å². The van der Waals surface area contributed by atoms with Crippen molar-refractivity contribution in [2.75, 3.05) is 36.8 Å². The maximum atomic E-state index is 12.5. The number of aromatic nitrogens is 2. The smallest absolute Gasteiger partial charge is 0.251 e. The van der Waals surface area contributed by atoms with Crippen LogP contribution < -0.4 is 21.3 Å². The zero-order valence-corrected chi connectivity index (χ0v) is 20.8. The van der Waals surface area contributed by atoms with E-state index in [-0.39, 0.29) is 17.2 Å². The van der Waals surface area contributed by atoms with E-state index in [0.29, 0.717) is 49.2 Å². The van der Waals surface area contributed by atoms with Crippen molar-refractivity contribution in [1.82, 2.24) is 20.6 Å². The van der Waals surface area contributed by atoms with Gasteiger partial charge < -0.3 is 21.3 Å². The Bertz CT molecular complexity index is 1120. The number of benzene rings is 2. The number of carbonyl (C=O) groups is 2. The molecule has 0 aliphatic carbocycles. The first-order valence-corrected chi connectivity index (χ1v) is 11.8. The number of carbonyl (C=O) groups excluding carboxylic acids is 2. The van der Waals surface area contributed by atoms with Gasteiger partial charge in [0.1, 0.15) is 11.6 Å². The van der Waals surface area contributed by atoms with E-state index in [4.69, 9.17) is 0 Å². The van der Waals surface area contributed by atoms with Crippen LogP contribution in [0.3, 0.4) is 0 Å². The Morgan fingerprint density at radius 3 is 1.89 bits per heavy atom. The third-order valence-electron chi connectivity index (χ3n) is 5.29. The van der Waals surface area contributed by atoms with Gasteiger partial charge in [-0.3, -0.25) is 9.59 Å². The number of nitrogens with zero attached hydrogens (tertiary/aromatic N) is 2. The minimum absolute atomic E-state index is 0.0483. The Balaban J connectivity index is 1.59. The summed E-state index contributed by atoms with van der Waals surface area (Å²) in [5.74, 6) is 1.69. The summed E-state index contributed by atoms with van der Waals surface area (Å²) < 4.78 is 0. The highest BCUT2D eigenvalue weighted by Crippen LogP contribution is 2.22. The fourth-order valence-electron chi connectivity index (χ4n) is 3.36. The lowest BCUT2D eigenvalue weighted by atomic mass is 9.87. The summed E-state index contributed by atoms with van der Waals surface area (Å²) in [6, 6.07) is 19.2. The van der Waals surface area contributed by atoms with E-state index in [9.17, 15) is 9.59 Å². The van der Waals surface area contributed by atoms with Crippen molar-refractivity contribution in [1.29, 1.82) is 0 Å². The zero-order chi connectivity index (χ0) is 25.3. The van der Waals surface area contributed by atoms with Crippen LogP contribution in [0.15, 0.2) is 60.7 Å². The number of hydrogen-bond acceptors (Lipinski definition) is 6. The summed E-state index contributed by atoms with van der Waals surface area (Å²) in [6.45, 7) is 9.90. The molecule has 0 aliphatic rings. The SMILES string of the molecule is CC(=O)NCCNc1cc(NCCNC(=O)c2ccc(C(C)(C)C)cc2)nc(-c2ccccc2)n1. The highest BCUT2D eigenvalue weighted by atomic mass is 16.2. The zero-order valence-electron chi connectivity index (χ0n) is 20.8. The van der Waals surface area contributed by atoms with Crippen LogP contribution in [0.2, 0.25) is 0 Å². The quantitative estimate of drug-likeness (QED) is 0.333. The molecule has 3 aromatic rings. The molecule has 1 aromatic heterocycles. The summed E-state index contributed by atoms with van der Waals surface area (Å²) in [5.41, 5.74) is 2.77. The molecule has 2 amide bonds. The van der Waals surface area contributed by atoms with Crippen LogP contribution in [0.1, 0.15) is 43.6 Å². The summed E-state index contributed by atoms with van der Waals surface area (Å²) in [7, 11) is 0. The van der Waals surface area contributed by atoms with Crippen molar-refractivity contribution in [3.8, 4) is 11.4 Å². The number of hydrogen-bond donors (Lipinski definition) is 4. The summed E-state index contributed by atoms with van der Waals surface area (Å²) >= 11 is 0. The van der Waals surface area contributed by atoms with Gasteiger partial charge in [-0.1, -0.05) is 63.2 Å². The van der Waals surface area contributed by atoms with Gasteiger partial charge in [-0.15, -0.1) is 0 Å². The molecular weight excluding hydrogens is 440 g/mol. The highest BCUT2D eigenvalue weighted by molar-refractivity contribution is 5.94. The molecule has 0 atom stereocenters. The third kappa shape index (κ3) is 8.10. The third-order valence-corrected chi connectivity index (χ3v) is 5.29. The van der Waals surface area contributed by atoms with Crippen molar-refractivity contribution in [3.05, 3.63) is 71.8 Å². The maximum Gasteiger partial charge on any atom is 0.251 e. The van der Waals surface area contributed by atoms with E-state index in [2.05, 4.69) is 52.0 Å². The van der Waals surface area contributed by atoms with Crippen molar-refractivity contribution < 1.29 is 9.59 Å². The Morgan fingerprint density at radius 1 is 0.771 bits per heavy atom. The van der Waals surface area contributed by atoms with Crippen molar-refractivity contribution in [2.45, 2.75) is 33.1 Å². The van der Waals surface area contributed by atoms with E-state index in [1.54, 1.807) is 0 Å². The first-order chi connectivity index (χ1) is 16.7. The van der Waals surface area contributed by atoms with E-state index in [1.165, 1.54) is 12.5 Å². The molecule has 0 unspecified atom stereocenters. The van der Waals surface area contributed by atoms with Crippen LogP contribution in [0.4, 0.5) is 11.6 Å². The molecule has 4 N–H and O–H groups in total. The van der Waals surface area contributed by atoms with Gasteiger partial charge in [0.15, 0.2) is 5.82 Å². The van der Waals surface area contributed by atoms with Gasteiger partial charge in [-0.2, -0.15) is 0 Å². The molecule has 3 rings (SSSR count). The summed E-state index contributed by atoms with van der Waals surface area (Å²) in [4.78, 5) is 32.8. The fraction of sp³-hybridized carbons (Fsp3) is 0.333. The largest absolute Gasteiger partial charge is 0.368 e. The lowest BCUT2D eigenvalue weighted by Gasteiger charge is -2.19. The van der Waals surface area contributed by atoms with Gasteiger partial charge in [0.05, 0.1) is 0 Å². The predicted octanol–water partition coefficient (Wildman–Crippen LogP) is 3.83. The first-order valence-electron chi connectivity index (χ1n) is 11.8. The van der Waals surface area contributed by atoms with Crippen LogP contribution >= 0.6 is 0 Å². The molecular formula is C27H34N6O2. The lowest BCUT2D eigenvalue weighted by Crippen LogP contribution is -2.29. The first kappa shape index (κ1) is 25.7. The molecule has 184 valence electrons. The van der Waals surface area contributed by atoms with Crippen LogP contribution in [0.25, 0.3) is 11.4 Å². The molecule has 0 spiro atoms. The van der Waals surface area contributed by atoms with E-state index < -0.39 is 0 Å². The van der Waals surface area contributed by atoms with Gasteiger partial charge in [0.2, 0.25) is 5.91 Å². The normalized spacial score (nSPS) is 11.0. The topological polar surface area (TPSA) is 108 Å². The molecule has 0 fully saturated rings. The van der Waals surface area contributed by atoms with Gasteiger partial charge in [0.25, 0.3) is 5.91 Å². The molecule has 1 heterocycles. The molecule has 0 bridgehead atoms. The van der Waals surface area contributed by atoms with E-state index in [0.717, 1.165) is 5.56 Å². The summed E-state index contributed by atoms with van der Waals surface area (Å²) in [5, 5.41) is 12.2.